The molecule has 6 rings (SSSR count). The molecule has 2 N–H and O–H groups in total. The molecule has 2 bridgehead atoms. The fraction of sp³-hybridized carbons (Fsp3) is 0.679. The molecule has 3 fully saturated rings. The summed E-state index contributed by atoms with van der Waals surface area (Å²) >= 11 is 0. The first kappa shape index (κ1) is 22.6. The molecule has 0 radical (unpaired) electrons. The summed E-state index contributed by atoms with van der Waals surface area (Å²) in [5, 5.41) is 27.6. The zero-order valence-corrected chi connectivity index (χ0v) is 20.8. The minimum absolute atomic E-state index is 0.179. The lowest BCUT2D eigenvalue weighted by Gasteiger charge is -2.61. The lowest BCUT2D eigenvalue weighted by atomic mass is 9.52. The maximum atomic E-state index is 12.6. The summed E-state index contributed by atoms with van der Waals surface area (Å²) in [6.45, 7) is 10.3. The highest BCUT2D eigenvalue weighted by Gasteiger charge is 2.63. The molecule has 6 heteroatoms. The molecule has 1 aromatic carbocycles. The molecule has 1 saturated carbocycles. The molecule has 6 nitrogen and oxygen atoms in total. The molecule has 2 aromatic rings. The third-order valence-electron chi connectivity index (χ3n) is 9.49. The summed E-state index contributed by atoms with van der Waals surface area (Å²) in [6, 6.07) is 6.10. The number of aromatic hydroxyl groups is 1. The van der Waals surface area contributed by atoms with Crippen molar-refractivity contribution < 1.29 is 10.2 Å². The van der Waals surface area contributed by atoms with Crippen molar-refractivity contribution in [2.45, 2.75) is 81.9 Å². The Hall–Kier alpha value is -1.89. The Bertz CT molecular complexity index is 1050. The van der Waals surface area contributed by atoms with Gasteiger partial charge < -0.3 is 15.1 Å². The molecule has 3 atom stereocenters. The van der Waals surface area contributed by atoms with Crippen LogP contribution in [0.25, 0.3) is 0 Å². The first-order chi connectivity index (χ1) is 16.4. The predicted molar refractivity (Wildman–Crippen MR) is 133 cm³/mol. The van der Waals surface area contributed by atoms with Crippen molar-refractivity contribution in [2.24, 2.45) is 5.92 Å². The van der Waals surface area contributed by atoms with E-state index >= 15 is 0 Å². The minimum Gasteiger partial charge on any atom is -0.508 e. The van der Waals surface area contributed by atoms with E-state index in [2.05, 4.69) is 45.7 Å². The number of hydrogen-bond acceptors (Lipinski definition) is 5. The van der Waals surface area contributed by atoms with E-state index in [1.165, 1.54) is 29.5 Å². The van der Waals surface area contributed by atoms with Crippen LogP contribution in [0.2, 0.25) is 0 Å². The zero-order valence-electron chi connectivity index (χ0n) is 20.8. The number of benzene rings is 1. The van der Waals surface area contributed by atoms with Gasteiger partial charge in [-0.3, -0.25) is 9.58 Å². The van der Waals surface area contributed by atoms with Crippen molar-refractivity contribution >= 4 is 0 Å². The number of rotatable bonds is 6. The summed E-state index contributed by atoms with van der Waals surface area (Å²) in [5.74, 6) is 1.65. The second-order valence-electron chi connectivity index (χ2n) is 11.8. The van der Waals surface area contributed by atoms with Gasteiger partial charge in [0.2, 0.25) is 0 Å². The molecule has 0 spiro atoms. The summed E-state index contributed by atoms with van der Waals surface area (Å²) in [7, 11) is 0. The largest absolute Gasteiger partial charge is 0.508 e. The van der Waals surface area contributed by atoms with Crippen LogP contribution in [-0.2, 0) is 18.4 Å². The number of aliphatic hydroxyl groups is 1. The van der Waals surface area contributed by atoms with Gasteiger partial charge in [0.05, 0.1) is 18.3 Å². The maximum absolute atomic E-state index is 12.6. The van der Waals surface area contributed by atoms with Crippen LogP contribution in [0.3, 0.4) is 0 Å². The van der Waals surface area contributed by atoms with Gasteiger partial charge in [0, 0.05) is 37.3 Å². The van der Waals surface area contributed by atoms with Crippen molar-refractivity contribution in [1.29, 1.82) is 0 Å². The van der Waals surface area contributed by atoms with Crippen LogP contribution in [0, 0.1) is 5.92 Å². The van der Waals surface area contributed by atoms with Crippen molar-refractivity contribution in [3.8, 4) is 5.75 Å². The number of piperidine rings is 1. The van der Waals surface area contributed by atoms with E-state index in [1.807, 2.05) is 18.3 Å². The van der Waals surface area contributed by atoms with Crippen molar-refractivity contribution in [3.05, 3.63) is 47.3 Å². The lowest BCUT2D eigenvalue weighted by Crippen LogP contribution is -2.71. The molecular weight excluding hydrogens is 424 g/mol. The number of phenolic OH excluding ortho intramolecular Hbond substituents is 1. The van der Waals surface area contributed by atoms with Gasteiger partial charge in [0.25, 0.3) is 0 Å². The van der Waals surface area contributed by atoms with E-state index < -0.39 is 5.60 Å². The Labute approximate surface area is 203 Å². The van der Waals surface area contributed by atoms with Gasteiger partial charge in [-0.15, -0.1) is 0 Å². The molecule has 3 heterocycles. The molecule has 2 aliphatic heterocycles. The Morgan fingerprint density at radius 2 is 1.88 bits per heavy atom. The number of aromatic nitrogens is 2. The van der Waals surface area contributed by atoms with Gasteiger partial charge >= 0.3 is 0 Å². The third kappa shape index (κ3) is 3.69. The molecule has 2 aliphatic carbocycles. The predicted octanol–water partition coefficient (Wildman–Crippen LogP) is 3.52. The van der Waals surface area contributed by atoms with Crippen molar-refractivity contribution in [3.63, 3.8) is 0 Å². The molecule has 0 unspecified atom stereocenters. The normalized spacial score (nSPS) is 31.8. The quantitative estimate of drug-likeness (QED) is 0.685. The van der Waals surface area contributed by atoms with Crippen LogP contribution in [0.4, 0.5) is 0 Å². The number of phenols is 1. The molecular formula is C28H40N4O2. The van der Waals surface area contributed by atoms with E-state index in [9.17, 15) is 10.2 Å². The second kappa shape index (κ2) is 8.35. The van der Waals surface area contributed by atoms with E-state index in [4.69, 9.17) is 0 Å². The summed E-state index contributed by atoms with van der Waals surface area (Å²) in [5.41, 5.74) is 2.82. The van der Waals surface area contributed by atoms with Crippen LogP contribution in [0.5, 0.6) is 5.75 Å². The average Bonchev–Trinajstić information content (AvgIpc) is 3.53. The molecule has 4 aliphatic rings. The minimum atomic E-state index is -0.744. The van der Waals surface area contributed by atoms with Crippen LogP contribution >= 0.6 is 0 Å². The highest BCUT2D eigenvalue weighted by molar-refractivity contribution is 5.48. The van der Waals surface area contributed by atoms with Gasteiger partial charge in [0.1, 0.15) is 5.75 Å². The summed E-state index contributed by atoms with van der Waals surface area (Å²) < 4.78 is 2.07. The Morgan fingerprint density at radius 1 is 1.09 bits per heavy atom. The SMILES string of the molecule is CC(C)c1cnn(CCN2CC[C@]34CCN(CC5CC5)[C@H](Cc5ccc(O)cc53)[C@]4(O)CC2)c1. The second-order valence-corrected chi connectivity index (χ2v) is 11.8. The fourth-order valence-corrected chi connectivity index (χ4v) is 7.18. The topological polar surface area (TPSA) is 64.8 Å². The standard InChI is InChI=1S/C28H40N4O2/c1-20(2)23-17-29-32(19-23)14-13-30-10-7-27-8-12-31(18-21-3-4-21)26(28(27,34)9-11-30)15-22-5-6-24(33)16-25(22)27/h5-6,16-17,19-21,26,33-34H,3-4,7-15,18H2,1-2H3/t26-,27+,28-/m1/s1. The number of hydrogen-bond donors (Lipinski definition) is 2. The van der Waals surface area contributed by atoms with Crippen LogP contribution in [-0.4, -0.2) is 74.2 Å². The van der Waals surface area contributed by atoms with Crippen LogP contribution in [0.15, 0.2) is 30.6 Å². The monoisotopic (exact) mass is 464 g/mol. The highest BCUT2D eigenvalue weighted by Crippen LogP contribution is 2.56. The molecule has 184 valence electrons. The summed E-state index contributed by atoms with van der Waals surface area (Å²) in [6.07, 6.45) is 10.5. The molecule has 34 heavy (non-hydrogen) atoms. The van der Waals surface area contributed by atoms with Gasteiger partial charge in [0.15, 0.2) is 0 Å². The van der Waals surface area contributed by atoms with Gasteiger partial charge in [-0.05, 0) is 92.3 Å². The Balaban J connectivity index is 1.27. The fourth-order valence-electron chi connectivity index (χ4n) is 7.18. The maximum Gasteiger partial charge on any atom is 0.115 e. The number of nitrogens with zero attached hydrogens (tertiary/aromatic N) is 4. The number of fused-ring (bicyclic) bond motifs is 1. The van der Waals surface area contributed by atoms with E-state index in [0.717, 1.165) is 70.9 Å². The smallest absolute Gasteiger partial charge is 0.115 e. The van der Waals surface area contributed by atoms with E-state index in [-0.39, 0.29) is 11.5 Å². The highest BCUT2D eigenvalue weighted by atomic mass is 16.3. The van der Waals surface area contributed by atoms with Gasteiger partial charge in [-0.1, -0.05) is 19.9 Å². The van der Waals surface area contributed by atoms with Crippen LogP contribution in [0.1, 0.15) is 68.6 Å². The third-order valence-corrected chi connectivity index (χ3v) is 9.49. The van der Waals surface area contributed by atoms with E-state index in [0.29, 0.717) is 11.7 Å². The van der Waals surface area contributed by atoms with E-state index in [1.54, 1.807) is 0 Å². The van der Waals surface area contributed by atoms with Crippen molar-refractivity contribution in [1.82, 2.24) is 19.6 Å². The molecule has 2 saturated heterocycles. The van der Waals surface area contributed by atoms with Crippen LogP contribution < -0.4 is 0 Å². The average molecular weight is 465 g/mol. The summed E-state index contributed by atoms with van der Waals surface area (Å²) in [4.78, 5) is 5.16. The lowest BCUT2D eigenvalue weighted by molar-refractivity contribution is -0.149. The van der Waals surface area contributed by atoms with Gasteiger partial charge in [-0.25, -0.2) is 0 Å². The Morgan fingerprint density at radius 3 is 2.65 bits per heavy atom. The molecule has 0 amide bonds. The number of likely N-dealkylation sites (tertiary alicyclic amines) is 2. The first-order valence-corrected chi connectivity index (χ1v) is 13.4. The first-order valence-electron chi connectivity index (χ1n) is 13.4. The Kier molecular flexibility index (Phi) is 5.54. The molecule has 1 aromatic heterocycles. The van der Waals surface area contributed by atoms with Crippen molar-refractivity contribution in [2.75, 3.05) is 32.7 Å². The van der Waals surface area contributed by atoms with Gasteiger partial charge in [-0.2, -0.15) is 5.10 Å². The zero-order chi connectivity index (χ0) is 23.5.